The molecule has 0 N–H and O–H groups in total. The Kier molecular flexibility index (Phi) is 4.71. The van der Waals surface area contributed by atoms with Gasteiger partial charge in [-0.1, -0.05) is 12.1 Å². The number of hydrogen-bond acceptors (Lipinski definition) is 3. The van der Waals surface area contributed by atoms with Gasteiger partial charge in [0, 0.05) is 18.0 Å². The number of piperidine rings is 1. The summed E-state index contributed by atoms with van der Waals surface area (Å²) in [6.07, 6.45) is 4.45. The van der Waals surface area contributed by atoms with Crippen molar-refractivity contribution in [3.8, 4) is 0 Å². The number of carbonyl (C=O) groups is 1. The highest BCUT2D eigenvalue weighted by atomic mass is 16.3. The predicted molar refractivity (Wildman–Crippen MR) is 92.8 cm³/mol. The molecular weight excluding hydrogens is 288 g/mol. The fourth-order valence-corrected chi connectivity index (χ4v) is 3.49. The van der Waals surface area contributed by atoms with Crippen molar-refractivity contribution in [2.45, 2.75) is 38.6 Å². The number of amides is 1. The van der Waals surface area contributed by atoms with Gasteiger partial charge < -0.3 is 14.2 Å². The Morgan fingerprint density at radius 1 is 1.35 bits per heavy atom. The van der Waals surface area contributed by atoms with Crippen molar-refractivity contribution in [2.24, 2.45) is 0 Å². The van der Waals surface area contributed by atoms with Crippen LogP contribution >= 0.6 is 0 Å². The van der Waals surface area contributed by atoms with Crippen molar-refractivity contribution >= 4 is 16.9 Å². The molecule has 0 aliphatic carbocycles. The second-order valence-electron chi connectivity index (χ2n) is 6.82. The molecule has 1 aromatic heterocycles. The summed E-state index contributed by atoms with van der Waals surface area (Å²) < 4.78 is 5.79. The maximum atomic E-state index is 13.1. The number of carbonyl (C=O) groups excluding carboxylic acids is 1. The van der Waals surface area contributed by atoms with Gasteiger partial charge in [-0.3, -0.25) is 4.79 Å². The number of benzene rings is 1. The number of furan rings is 1. The summed E-state index contributed by atoms with van der Waals surface area (Å²) in [5.41, 5.74) is 1.43. The van der Waals surface area contributed by atoms with E-state index in [4.69, 9.17) is 4.42 Å². The van der Waals surface area contributed by atoms with Crippen LogP contribution in [0.4, 0.5) is 0 Å². The van der Waals surface area contributed by atoms with Gasteiger partial charge in [0.2, 0.25) is 0 Å². The summed E-state index contributed by atoms with van der Waals surface area (Å²) in [4.78, 5) is 17.4. The van der Waals surface area contributed by atoms with Crippen molar-refractivity contribution in [2.75, 3.05) is 27.2 Å². The molecule has 4 heteroatoms. The molecule has 23 heavy (non-hydrogen) atoms. The zero-order valence-electron chi connectivity index (χ0n) is 14.3. The SMILES string of the molecule is Cc1cc2cccc(C(=O)N3CCCCC3CCN(C)C)c2o1. The van der Waals surface area contributed by atoms with E-state index in [-0.39, 0.29) is 5.91 Å². The van der Waals surface area contributed by atoms with Crippen LogP contribution < -0.4 is 0 Å². The minimum Gasteiger partial charge on any atom is -0.461 e. The molecule has 1 fully saturated rings. The average molecular weight is 314 g/mol. The zero-order valence-corrected chi connectivity index (χ0v) is 14.3. The number of aryl methyl sites for hydroxylation is 1. The monoisotopic (exact) mass is 314 g/mol. The van der Waals surface area contributed by atoms with Gasteiger partial charge >= 0.3 is 0 Å². The Labute approximate surface area is 138 Å². The highest BCUT2D eigenvalue weighted by Gasteiger charge is 2.28. The standard InChI is InChI=1S/C19H26N2O2/c1-14-13-15-7-6-9-17(18(15)23-14)19(22)21-11-5-4-8-16(21)10-12-20(2)3/h6-7,9,13,16H,4-5,8,10-12H2,1-3H3. The first-order chi connectivity index (χ1) is 11.1. The molecule has 1 atom stereocenters. The molecule has 3 rings (SSSR count). The van der Waals surface area contributed by atoms with Crippen molar-refractivity contribution in [3.63, 3.8) is 0 Å². The van der Waals surface area contributed by atoms with Crippen LogP contribution in [0, 0.1) is 6.92 Å². The normalized spacial score (nSPS) is 18.8. The lowest BCUT2D eigenvalue weighted by atomic mass is 9.97. The van der Waals surface area contributed by atoms with Gasteiger partial charge in [-0.15, -0.1) is 0 Å². The molecule has 0 spiro atoms. The molecule has 0 saturated carbocycles. The van der Waals surface area contributed by atoms with Crippen molar-refractivity contribution in [3.05, 3.63) is 35.6 Å². The third-order valence-corrected chi connectivity index (χ3v) is 4.70. The summed E-state index contributed by atoms with van der Waals surface area (Å²) in [5, 5.41) is 1.01. The van der Waals surface area contributed by atoms with Crippen LogP contribution in [0.2, 0.25) is 0 Å². The third kappa shape index (κ3) is 3.42. The van der Waals surface area contributed by atoms with E-state index >= 15 is 0 Å². The molecule has 124 valence electrons. The third-order valence-electron chi connectivity index (χ3n) is 4.70. The number of nitrogens with zero attached hydrogens (tertiary/aromatic N) is 2. The molecule has 2 heterocycles. The molecule has 4 nitrogen and oxygen atoms in total. The lowest BCUT2D eigenvalue weighted by Gasteiger charge is -2.36. The average Bonchev–Trinajstić information content (AvgIpc) is 2.92. The van der Waals surface area contributed by atoms with Crippen molar-refractivity contribution < 1.29 is 9.21 Å². The first kappa shape index (κ1) is 16.1. The van der Waals surface area contributed by atoms with Gasteiger partial charge in [-0.05, 0) is 65.4 Å². The topological polar surface area (TPSA) is 36.7 Å². The van der Waals surface area contributed by atoms with Crippen LogP contribution in [0.1, 0.15) is 41.8 Å². The van der Waals surface area contributed by atoms with Gasteiger partial charge in [0.05, 0.1) is 5.56 Å². The minimum atomic E-state index is 0.119. The summed E-state index contributed by atoms with van der Waals surface area (Å²) >= 11 is 0. The first-order valence-corrected chi connectivity index (χ1v) is 8.51. The van der Waals surface area contributed by atoms with E-state index in [1.54, 1.807) is 0 Å². The molecule has 1 aromatic carbocycles. The molecule has 1 amide bonds. The quantitative estimate of drug-likeness (QED) is 0.863. The molecule has 0 radical (unpaired) electrons. The van der Waals surface area contributed by atoms with Crippen LogP contribution in [0.25, 0.3) is 11.0 Å². The number of fused-ring (bicyclic) bond motifs is 1. The number of hydrogen-bond donors (Lipinski definition) is 0. The predicted octanol–water partition coefficient (Wildman–Crippen LogP) is 3.69. The zero-order chi connectivity index (χ0) is 16.4. The molecule has 1 unspecified atom stereocenters. The molecule has 1 aliphatic rings. The molecular formula is C19H26N2O2. The maximum Gasteiger partial charge on any atom is 0.257 e. The van der Waals surface area contributed by atoms with Crippen molar-refractivity contribution in [1.82, 2.24) is 9.80 Å². The van der Waals surface area contributed by atoms with Crippen LogP contribution in [-0.4, -0.2) is 48.9 Å². The van der Waals surface area contributed by atoms with E-state index < -0.39 is 0 Å². The number of para-hydroxylation sites is 1. The summed E-state index contributed by atoms with van der Waals surface area (Å²) in [6.45, 7) is 3.79. The van der Waals surface area contributed by atoms with Gasteiger partial charge in [0.1, 0.15) is 11.3 Å². The maximum absolute atomic E-state index is 13.1. The summed E-state index contributed by atoms with van der Waals surface area (Å²) in [6, 6.07) is 8.17. The van der Waals surface area contributed by atoms with Crippen LogP contribution in [0.5, 0.6) is 0 Å². The molecule has 1 saturated heterocycles. The Hall–Kier alpha value is -1.81. The lowest BCUT2D eigenvalue weighted by molar-refractivity contribution is 0.0592. The Balaban J connectivity index is 1.86. The second-order valence-corrected chi connectivity index (χ2v) is 6.82. The Bertz CT molecular complexity index is 690. The number of likely N-dealkylation sites (tertiary alicyclic amines) is 1. The first-order valence-electron chi connectivity index (χ1n) is 8.51. The summed E-state index contributed by atoms with van der Waals surface area (Å²) in [7, 11) is 4.17. The van der Waals surface area contributed by atoms with Crippen LogP contribution in [0.15, 0.2) is 28.7 Å². The van der Waals surface area contributed by atoms with E-state index in [1.165, 1.54) is 6.42 Å². The van der Waals surface area contributed by atoms with Gasteiger partial charge in [0.25, 0.3) is 5.91 Å². The van der Waals surface area contributed by atoms with Crippen LogP contribution in [-0.2, 0) is 0 Å². The van der Waals surface area contributed by atoms with Gasteiger partial charge in [0.15, 0.2) is 0 Å². The largest absolute Gasteiger partial charge is 0.461 e. The fraction of sp³-hybridized carbons (Fsp3) is 0.526. The van der Waals surface area contributed by atoms with E-state index in [0.717, 1.165) is 49.1 Å². The van der Waals surface area contributed by atoms with Crippen LogP contribution in [0.3, 0.4) is 0 Å². The molecule has 0 bridgehead atoms. The van der Waals surface area contributed by atoms with Gasteiger partial charge in [-0.25, -0.2) is 0 Å². The van der Waals surface area contributed by atoms with E-state index in [1.807, 2.05) is 31.2 Å². The Morgan fingerprint density at radius 2 is 2.17 bits per heavy atom. The van der Waals surface area contributed by atoms with E-state index in [0.29, 0.717) is 11.6 Å². The minimum absolute atomic E-state index is 0.119. The van der Waals surface area contributed by atoms with E-state index in [2.05, 4.69) is 23.9 Å². The Morgan fingerprint density at radius 3 is 2.96 bits per heavy atom. The molecule has 2 aromatic rings. The smallest absolute Gasteiger partial charge is 0.257 e. The highest BCUT2D eigenvalue weighted by Crippen LogP contribution is 2.27. The number of rotatable bonds is 4. The fourth-order valence-electron chi connectivity index (χ4n) is 3.49. The van der Waals surface area contributed by atoms with E-state index in [9.17, 15) is 4.79 Å². The van der Waals surface area contributed by atoms with Gasteiger partial charge in [-0.2, -0.15) is 0 Å². The highest BCUT2D eigenvalue weighted by molar-refractivity contribution is 6.05. The summed E-state index contributed by atoms with van der Waals surface area (Å²) in [5.74, 6) is 0.969. The van der Waals surface area contributed by atoms with Crippen molar-refractivity contribution in [1.29, 1.82) is 0 Å². The molecule has 1 aliphatic heterocycles. The second kappa shape index (κ2) is 6.75. The lowest BCUT2D eigenvalue weighted by Crippen LogP contribution is -2.44.